The van der Waals surface area contributed by atoms with E-state index in [0.29, 0.717) is 17.9 Å². The summed E-state index contributed by atoms with van der Waals surface area (Å²) in [5.41, 5.74) is 3.32. The zero-order valence-electron chi connectivity index (χ0n) is 22.4. The van der Waals surface area contributed by atoms with E-state index in [4.69, 9.17) is 5.41 Å². The van der Waals surface area contributed by atoms with Crippen LogP contribution in [-0.4, -0.2) is 39.8 Å². The van der Waals surface area contributed by atoms with Crippen LogP contribution in [-0.2, 0) is 17.4 Å². The molecule has 0 bridgehead atoms. The second kappa shape index (κ2) is 10.1. The van der Waals surface area contributed by atoms with Gasteiger partial charge >= 0.3 is 0 Å². The maximum Gasteiger partial charge on any atom is 0.182 e. The molecule has 2 aromatic carbocycles. The van der Waals surface area contributed by atoms with Crippen LogP contribution in [0.4, 0.5) is 0 Å². The number of aromatic hydroxyl groups is 1. The van der Waals surface area contributed by atoms with Crippen molar-refractivity contribution in [2.24, 2.45) is 5.92 Å². The highest BCUT2D eigenvalue weighted by molar-refractivity contribution is 6.01. The fourth-order valence-corrected chi connectivity index (χ4v) is 5.27. The Bertz CT molecular complexity index is 1060. The maximum atomic E-state index is 13.6. The summed E-state index contributed by atoms with van der Waals surface area (Å²) in [4.78, 5) is 15.5. The molecule has 1 saturated heterocycles. The second-order valence-corrected chi connectivity index (χ2v) is 12.0. The number of phenols is 1. The molecule has 190 valence electrons. The molecule has 3 N–H and O–H groups in total. The van der Waals surface area contributed by atoms with Gasteiger partial charge in [-0.25, -0.2) is 0 Å². The van der Waals surface area contributed by atoms with Gasteiger partial charge in [-0.2, -0.15) is 0 Å². The van der Waals surface area contributed by atoms with Crippen LogP contribution in [0, 0.1) is 11.3 Å². The van der Waals surface area contributed by atoms with E-state index in [-0.39, 0.29) is 47.4 Å². The largest absolute Gasteiger partial charge is 0.507 e. The van der Waals surface area contributed by atoms with Crippen LogP contribution < -0.4 is 0 Å². The molecule has 0 spiro atoms. The summed E-state index contributed by atoms with van der Waals surface area (Å²) in [6.45, 7) is 15.1. The summed E-state index contributed by atoms with van der Waals surface area (Å²) in [6.07, 6.45) is 1.96. The van der Waals surface area contributed by atoms with Gasteiger partial charge in [0.1, 0.15) is 11.6 Å². The Morgan fingerprint density at radius 2 is 1.63 bits per heavy atom. The average molecular weight is 479 g/mol. The first-order valence-corrected chi connectivity index (χ1v) is 12.7. The highest BCUT2D eigenvalue weighted by Gasteiger charge is 2.39. The van der Waals surface area contributed by atoms with Crippen molar-refractivity contribution < 1.29 is 15.0 Å². The standard InChI is InChI=1S/C30H42N2O3/c1-8-11-19-16-32(28(31)26(19)22-13-10-9-12-20(22)18-33)17-25(34)21-14-23(29(2,3)4)27(35)24(15-21)30(5,6)7/h9-10,12-15,19,26,31,33,35H,8,11,16-18H2,1-7H3/t19-,26-/m0/s1. The molecular formula is C30H42N2O3. The van der Waals surface area contributed by atoms with E-state index in [9.17, 15) is 15.0 Å². The number of Topliss-reactive ketones (excluding diaryl/α,β-unsaturated/α-hetero) is 1. The van der Waals surface area contributed by atoms with Gasteiger partial charge in [-0.3, -0.25) is 10.2 Å². The lowest BCUT2D eigenvalue weighted by Crippen LogP contribution is -2.32. The van der Waals surface area contributed by atoms with Gasteiger partial charge in [0.05, 0.1) is 13.2 Å². The van der Waals surface area contributed by atoms with E-state index in [1.54, 1.807) is 0 Å². The van der Waals surface area contributed by atoms with E-state index < -0.39 is 0 Å². The molecule has 1 fully saturated rings. The fourth-order valence-electron chi connectivity index (χ4n) is 5.27. The Labute approximate surface area is 210 Å². The van der Waals surface area contributed by atoms with Gasteiger partial charge in [-0.1, -0.05) is 79.2 Å². The SMILES string of the molecule is CCC[C@H]1CN(CC(=O)c2cc(C(C)(C)C)c(O)c(C(C)(C)C)c2)C(=N)[C@@H]1c1ccccc1CO. The van der Waals surface area contributed by atoms with Crippen LogP contribution in [0.25, 0.3) is 0 Å². The summed E-state index contributed by atoms with van der Waals surface area (Å²) in [7, 11) is 0. The third-order valence-electron chi connectivity index (χ3n) is 7.16. The van der Waals surface area contributed by atoms with Crippen molar-refractivity contribution in [2.75, 3.05) is 13.1 Å². The molecule has 2 atom stereocenters. The smallest absolute Gasteiger partial charge is 0.182 e. The number of aliphatic hydroxyl groups excluding tert-OH is 1. The Hall–Kier alpha value is -2.66. The lowest BCUT2D eigenvalue weighted by Gasteiger charge is -2.28. The maximum absolute atomic E-state index is 13.6. The monoisotopic (exact) mass is 478 g/mol. The number of hydrogen-bond acceptors (Lipinski definition) is 4. The number of phenolic OH excluding ortho intramolecular Hbond substituents is 1. The Morgan fingerprint density at radius 1 is 1.06 bits per heavy atom. The van der Waals surface area contributed by atoms with Crippen LogP contribution in [0.2, 0.25) is 0 Å². The molecule has 0 unspecified atom stereocenters. The Kier molecular flexibility index (Phi) is 7.80. The summed E-state index contributed by atoms with van der Waals surface area (Å²) in [6, 6.07) is 11.4. The minimum atomic E-state index is -0.313. The molecule has 1 heterocycles. The van der Waals surface area contributed by atoms with Gasteiger partial charge in [0.15, 0.2) is 5.78 Å². The van der Waals surface area contributed by atoms with Crippen LogP contribution in [0.5, 0.6) is 5.75 Å². The highest BCUT2D eigenvalue weighted by atomic mass is 16.3. The van der Waals surface area contributed by atoms with Crippen molar-refractivity contribution >= 4 is 11.6 Å². The van der Waals surface area contributed by atoms with E-state index in [1.807, 2.05) is 82.8 Å². The molecule has 35 heavy (non-hydrogen) atoms. The van der Waals surface area contributed by atoms with Crippen LogP contribution in [0.3, 0.4) is 0 Å². The van der Waals surface area contributed by atoms with Gasteiger partial charge < -0.3 is 15.1 Å². The predicted octanol–water partition coefficient (Wildman–Crippen LogP) is 6.16. The topological polar surface area (TPSA) is 84.6 Å². The Balaban J connectivity index is 1.96. The summed E-state index contributed by atoms with van der Waals surface area (Å²) >= 11 is 0. The molecule has 3 rings (SSSR count). The van der Waals surface area contributed by atoms with Gasteiger partial charge in [0, 0.05) is 29.2 Å². The lowest BCUT2D eigenvalue weighted by atomic mass is 9.78. The minimum absolute atomic E-state index is 0.0444. The van der Waals surface area contributed by atoms with E-state index in [1.165, 1.54) is 0 Å². The summed E-state index contributed by atoms with van der Waals surface area (Å²) < 4.78 is 0. The van der Waals surface area contributed by atoms with E-state index in [2.05, 4.69) is 6.92 Å². The van der Waals surface area contributed by atoms with Gasteiger partial charge in [-0.05, 0) is 46.4 Å². The number of ketones is 1. The Morgan fingerprint density at radius 3 is 2.14 bits per heavy atom. The zero-order chi connectivity index (χ0) is 26.1. The predicted molar refractivity (Wildman–Crippen MR) is 143 cm³/mol. The number of hydrogen-bond donors (Lipinski definition) is 3. The third-order valence-corrected chi connectivity index (χ3v) is 7.16. The number of nitrogens with zero attached hydrogens (tertiary/aromatic N) is 1. The lowest BCUT2D eigenvalue weighted by molar-refractivity contribution is 0.0963. The molecule has 0 radical (unpaired) electrons. The number of carbonyl (C=O) groups excluding carboxylic acids is 1. The summed E-state index contributed by atoms with van der Waals surface area (Å²) in [5.74, 6) is 0.768. The van der Waals surface area contributed by atoms with E-state index >= 15 is 0 Å². The zero-order valence-corrected chi connectivity index (χ0v) is 22.4. The van der Waals surface area contributed by atoms with E-state index in [0.717, 1.165) is 35.1 Å². The third kappa shape index (κ3) is 5.61. The highest BCUT2D eigenvalue weighted by Crippen LogP contribution is 2.41. The number of benzene rings is 2. The summed E-state index contributed by atoms with van der Waals surface area (Å²) in [5, 5.41) is 29.9. The van der Waals surface area contributed by atoms with Crippen LogP contribution in [0.15, 0.2) is 36.4 Å². The molecule has 1 aliphatic rings. The molecule has 0 amide bonds. The number of aliphatic hydroxyl groups is 1. The average Bonchev–Trinajstić information content (AvgIpc) is 3.06. The molecule has 0 saturated carbocycles. The molecule has 1 aliphatic heterocycles. The quantitative estimate of drug-likeness (QED) is 0.416. The van der Waals surface area contributed by atoms with Crippen molar-refractivity contribution in [3.05, 3.63) is 64.2 Å². The van der Waals surface area contributed by atoms with Crippen molar-refractivity contribution in [1.29, 1.82) is 5.41 Å². The molecule has 5 heteroatoms. The first-order valence-electron chi connectivity index (χ1n) is 12.7. The van der Waals surface area contributed by atoms with Crippen LogP contribution in [0.1, 0.15) is 99.8 Å². The molecular weight excluding hydrogens is 436 g/mol. The van der Waals surface area contributed by atoms with Crippen molar-refractivity contribution in [3.8, 4) is 5.75 Å². The van der Waals surface area contributed by atoms with Crippen molar-refractivity contribution in [1.82, 2.24) is 4.90 Å². The van der Waals surface area contributed by atoms with Gasteiger partial charge in [-0.15, -0.1) is 0 Å². The normalized spacial score (nSPS) is 18.9. The number of rotatable bonds is 7. The first kappa shape index (κ1) is 26.9. The number of likely N-dealkylation sites (tertiary alicyclic amines) is 1. The van der Waals surface area contributed by atoms with Gasteiger partial charge in [0.25, 0.3) is 0 Å². The fraction of sp³-hybridized carbons (Fsp3) is 0.533. The number of nitrogens with one attached hydrogen (secondary N) is 1. The van der Waals surface area contributed by atoms with Gasteiger partial charge in [0.2, 0.25) is 0 Å². The molecule has 2 aromatic rings. The second-order valence-electron chi connectivity index (χ2n) is 12.0. The molecule has 5 nitrogen and oxygen atoms in total. The van der Waals surface area contributed by atoms with Crippen molar-refractivity contribution in [3.63, 3.8) is 0 Å². The minimum Gasteiger partial charge on any atom is -0.507 e. The molecule has 0 aromatic heterocycles. The van der Waals surface area contributed by atoms with Crippen LogP contribution >= 0.6 is 0 Å². The number of amidine groups is 1. The van der Waals surface area contributed by atoms with Crippen molar-refractivity contribution in [2.45, 2.75) is 84.7 Å². The number of carbonyl (C=O) groups is 1. The molecule has 0 aliphatic carbocycles. The first-order chi connectivity index (χ1) is 16.3.